The van der Waals surface area contributed by atoms with Gasteiger partial charge >= 0.3 is 0 Å². The SMILES string of the molecule is O=S(=O)(c1ccc(CN2CCCC2)cc1)N1CCOCC1. The van der Waals surface area contributed by atoms with Gasteiger partial charge in [-0.1, -0.05) is 12.1 Å². The van der Waals surface area contributed by atoms with Crippen LogP contribution in [0.25, 0.3) is 0 Å². The van der Waals surface area contributed by atoms with Crippen LogP contribution in [0.15, 0.2) is 29.2 Å². The summed E-state index contributed by atoms with van der Waals surface area (Å²) in [5.41, 5.74) is 1.18. The van der Waals surface area contributed by atoms with Crippen LogP contribution in [0.5, 0.6) is 0 Å². The molecule has 116 valence electrons. The average molecular weight is 310 g/mol. The second-order valence-corrected chi connectivity index (χ2v) is 7.58. The van der Waals surface area contributed by atoms with E-state index in [2.05, 4.69) is 4.90 Å². The van der Waals surface area contributed by atoms with Crippen LogP contribution in [0, 0.1) is 0 Å². The van der Waals surface area contributed by atoms with E-state index in [0.29, 0.717) is 31.2 Å². The zero-order valence-corrected chi connectivity index (χ0v) is 13.0. The van der Waals surface area contributed by atoms with Gasteiger partial charge in [-0.25, -0.2) is 8.42 Å². The van der Waals surface area contributed by atoms with Crippen LogP contribution in [0.4, 0.5) is 0 Å². The highest BCUT2D eigenvalue weighted by Gasteiger charge is 2.26. The van der Waals surface area contributed by atoms with Crippen molar-refractivity contribution in [2.45, 2.75) is 24.3 Å². The molecule has 21 heavy (non-hydrogen) atoms. The maximum absolute atomic E-state index is 12.5. The monoisotopic (exact) mass is 310 g/mol. The third-order valence-corrected chi connectivity index (χ3v) is 6.05. The Morgan fingerprint density at radius 1 is 0.952 bits per heavy atom. The Balaban J connectivity index is 1.70. The van der Waals surface area contributed by atoms with Crippen molar-refractivity contribution in [3.8, 4) is 0 Å². The van der Waals surface area contributed by atoms with Gasteiger partial charge in [-0.15, -0.1) is 0 Å². The first-order valence-electron chi connectivity index (χ1n) is 7.55. The zero-order valence-electron chi connectivity index (χ0n) is 12.2. The van der Waals surface area contributed by atoms with Gasteiger partial charge in [-0.2, -0.15) is 4.31 Å². The van der Waals surface area contributed by atoms with Gasteiger partial charge in [-0.3, -0.25) is 4.90 Å². The van der Waals surface area contributed by atoms with E-state index in [1.54, 1.807) is 12.1 Å². The van der Waals surface area contributed by atoms with Crippen molar-refractivity contribution in [1.29, 1.82) is 0 Å². The lowest BCUT2D eigenvalue weighted by molar-refractivity contribution is 0.0730. The summed E-state index contributed by atoms with van der Waals surface area (Å²) in [4.78, 5) is 2.79. The molecule has 2 fully saturated rings. The fourth-order valence-corrected chi connectivity index (χ4v) is 4.31. The first kappa shape index (κ1) is 15.0. The van der Waals surface area contributed by atoms with Crippen molar-refractivity contribution in [2.24, 2.45) is 0 Å². The van der Waals surface area contributed by atoms with Crippen LogP contribution in [-0.2, 0) is 21.3 Å². The van der Waals surface area contributed by atoms with Crippen molar-refractivity contribution in [1.82, 2.24) is 9.21 Å². The van der Waals surface area contributed by atoms with Gasteiger partial charge in [-0.05, 0) is 43.6 Å². The quantitative estimate of drug-likeness (QED) is 0.841. The van der Waals surface area contributed by atoms with Crippen molar-refractivity contribution in [2.75, 3.05) is 39.4 Å². The van der Waals surface area contributed by atoms with E-state index >= 15 is 0 Å². The van der Waals surface area contributed by atoms with Crippen molar-refractivity contribution in [3.05, 3.63) is 29.8 Å². The van der Waals surface area contributed by atoms with Gasteiger partial charge in [0.15, 0.2) is 0 Å². The summed E-state index contributed by atoms with van der Waals surface area (Å²) in [5.74, 6) is 0. The Bertz CT molecular complexity index is 559. The number of benzene rings is 1. The van der Waals surface area contributed by atoms with Crippen molar-refractivity contribution >= 4 is 10.0 Å². The molecule has 0 radical (unpaired) electrons. The van der Waals surface area contributed by atoms with Crippen molar-refractivity contribution in [3.63, 3.8) is 0 Å². The van der Waals surface area contributed by atoms with E-state index in [9.17, 15) is 8.42 Å². The highest BCUT2D eigenvalue weighted by Crippen LogP contribution is 2.19. The second kappa shape index (κ2) is 6.44. The Morgan fingerprint density at radius 2 is 1.57 bits per heavy atom. The van der Waals surface area contributed by atoms with Gasteiger partial charge in [0.2, 0.25) is 10.0 Å². The van der Waals surface area contributed by atoms with Gasteiger partial charge in [0.25, 0.3) is 0 Å². The van der Waals surface area contributed by atoms with E-state index < -0.39 is 10.0 Å². The smallest absolute Gasteiger partial charge is 0.243 e. The maximum atomic E-state index is 12.5. The fourth-order valence-electron chi connectivity index (χ4n) is 2.90. The Morgan fingerprint density at radius 3 is 2.19 bits per heavy atom. The molecule has 1 aromatic carbocycles. The number of likely N-dealkylation sites (tertiary alicyclic amines) is 1. The molecule has 0 aromatic heterocycles. The standard InChI is InChI=1S/C15H22N2O3S/c18-21(19,17-9-11-20-12-10-17)15-5-3-14(4-6-15)13-16-7-1-2-8-16/h3-6H,1-2,7-13H2. The summed E-state index contributed by atoms with van der Waals surface area (Å²) < 4.78 is 31.7. The second-order valence-electron chi connectivity index (χ2n) is 5.64. The molecule has 0 amide bonds. The molecule has 2 heterocycles. The maximum Gasteiger partial charge on any atom is 0.243 e. The van der Waals surface area contributed by atoms with Crippen LogP contribution in [0.2, 0.25) is 0 Å². The highest BCUT2D eigenvalue weighted by atomic mass is 32.2. The highest BCUT2D eigenvalue weighted by molar-refractivity contribution is 7.89. The Hall–Kier alpha value is -0.950. The number of sulfonamides is 1. The number of morpholine rings is 1. The predicted molar refractivity (Wildman–Crippen MR) is 80.5 cm³/mol. The third-order valence-electron chi connectivity index (χ3n) is 4.14. The van der Waals surface area contributed by atoms with Gasteiger partial charge in [0, 0.05) is 19.6 Å². The number of rotatable bonds is 4. The molecule has 2 aliphatic rings. The van der Waals surface area contributed by atoms with Crippen LogP contribution in [-0.4, -0.2) is 57.0 Å². The van der Waals surface area contributed by atoms with Gasteiger partial charge in [0.05, 0.1) is 18.1 Å². The summed E-state index contributed by atoms with van der Waals surface area (Å²) in [6, 6.07) is 7.34. The van der Waals surface area contributed by atoms with Crippen LogP contribution < -0.4 is 0 Å². The largest absolute Gasteiger partial charge is 0.379 e. The molecule has 0 atom stereocenters. The molecule has 0 unspecified atom stereocenters. The lowest BCUT2D eigenvalue weighted by atomic mass is 10.2. The van der Waals surface area contributed by atoms with Crippen molar-refractivity contribution < 1.29 is 13.2 Å². The Labute approximate surface area is 126 Å². The normalized spacial score (nSPS) is 21.7. The van der Waals surface area contributed by atoms with Gasteiger partial charge in [0.1, 0.15) is 0 Å². The first-order valence-corrected chi connectivity index (χ1v) is 8.99. The van der Waals surface area contributed by atoms with Crippen LogP contribution >= 0.6 is 0 Å². The molecule has 6 heteroatoms. The topological polar surface area (TPSA) is 49.9 Å². The van der Waals surface area contributed by atoms with E-state index in [1.165, 1.54) is 22.7 Å². The minimum Gasteiger partial charge on any atom is -0.379 e. The summed E-state index contributed by atoms with van der Waals surface area (Å²) in [6.07, 6.45) is 2.53. The summed E-state index contributed by atoms with van der Waals surface area (Å²) in [6.45, 7) is 5.05. The molecule has 2 aliphatic heterocycles. The fraction of sp³-hybridized carbons (Fsp3) is 0.600. The van der Waals surface area contributed by atoms with Gasteiger partial charge < -0.3 is 4.74 Å². The number of hydrogen-bond donors (Lipinski definition) is 0. The lowest BCUT2D eigenvalue weighted by Gasteiger charge is -2.26. The minimum atomic E-state index is -3.37. The first-order chi connectivity index (χ1) is 10.2. The molecular weight excluding hydrogens is 288 g/mol. The summed E-state index contributed by atoms with van der Waals surface area (Å²) in [5, 5.41) is 0. The molecule has 0 saturated carbocycles. The predicted octanol–water partition coefficient (Wildman–Crippen LogP) is 1.30. The number of nitrogens with zero attached hydrogens (tertiary/aromatic N) is 2. The number of hydrogen-bond acceptors (Lipinski definition) is 4. The zero-order chi connectivity index (χ0) is 14.7. The number of ether oxygens (including phenoxy) is 1. The molecule has 2 saturated heterocycles. The van der Waals surface area contributed by atoms with E-state index in [0.717, 1.165) is 19.6 Å². The lowest BCUT2D eigenvalue weighted by Crippen LogP contribution is -2.40. The molecule has 3 rings (SSSR count). The average Bonchev–Trinajstić information content (AvgIpc) is 3.02. The molecular formula is C15H22N2O3S. The molecule has 0 aliphatic carbocycles. The Kier molecular flexibility index (Phi) is 4.59. The molecule has 0 bridgehead atoms. The molecule has 1 aromatic rings. The van der Waals surface area contributed by atoms with E-state index in [-0.39, 0.29) is 0 Å². The molecule has 0 N–H and O–H groups in total. The van der Waals surface area contributed by atoms with Crippen LogP contribution in [0.3, 0.4) is 0 Å². The van der Waals surface area contributed by atoms with E-state index in [1.807, 2.05) is 12.1 Å². The third kappa shape index (κ3) is 3.45. The molecule has 5 nitrogen and oxygen atoms in total. The summed E-state index contributed by atoms with van der Waals surface area (Å²) >= 11 is 0. The van der Waals surface area contributed by atoms with Crippen LogP contribution in [0.1, 0.15) is 18.4 Å². The van der Waals surface area contributed by atoms with E-state index in [4.69, 9.17) is 4.74 Å². The summed E-state index contributed by atoms with van der Waals surface area (Å²) in [7, 11) is -3.37. The molecule has 0 spiro atoms. The minimum absolute atomic E-state index is 0.384.